The third-order valence-corrected chi connectivity index (χ3v) is 2.67. The van der Waals surface area contributed by atoms with Gasteiger partial charge in [0.15, 0.2) is 0 Å². The Balaban J connectivity index is 2.48. The highest BCUT2D eigenvalue weighted by molar-refractivity contribution is 7.90. The molecule has 74 valence electrons. The fourth-order valence-electron chi connectivity index (χ4n) is 0.957. The van der Waals surface area contributed by atoms with Gasteiger partial charge in [0, 0.05) is 11.8 Å². The first-order valence-electron chi connectivity index (χ1n) is 3.87. The van der Waals surface area contributed by atoms with Gasteiger partial charge in [0.05, 0.1) is 24.4 Å². The van der Waals surface area contributed by atoms with E-state index in [9.17, 15) is 13.5 Å². The molecule has 13 heavy (non-hydrogen) atoms. The Morgan fingerprint density at radius 3 is 2.77 bits per heavy atom. The molecule has 0 bridgehead atoms. The van der Waals surface area contributed by atoms with Crippen LogP contribution in [0, 0.1) is 0 Å². The second-order valence-electron chi connectivity index (χ2n) is 2.99. The second kappa shape index (κ2) is 3.93. The molecule has 1 atom stereocenters. The van der Waals surface area contributed by atoms with Crippen LogP contribution < -0.4 is 0 Å². The molecule has 0 saturated carbocycles. The van der Waals surface area contributed by atoms with Crippen molar-refractivity contribution in [2.75, 3.05) is 12.0 Å². The predicted octanol–water partition coefficient (Wildman–Crippen LogP) is 0.748. The predicted molar refractivity (Wildman–Crippen MR) is 48.0 cm³/mol. The molecule has 5 heteroatoms. The lowest BCUT2D eigenvalue weighted by Crippen LogP contribution is -2.07. The van der Waals surface area contributed by atoms with Gasteiger partial charge in [-0.15, -0.1) is 0 Å². The van der Waals surface area contributed by atoms with Crippen molar-refractivity contribution in [1.29, 1.82) is 0 Å². The molecule has 0 aromatic carbocycles. The number of aliphatic hydroxyl groups is 1. The normalized spacial score (nSPS) is 14.3. The van der Waals surface area contributed by atoms with E-state index in [0.29, 0.717) is 5.56 Å². The van der Waals surface area contributed by atoms with Crippen molar-refractivity contribution in [1.82, 2.24) is 0 Å². The van der Waals surface area contributed by atoms with E-state index in [-0.39, 0.29) is 12.2 Å². The fraction of sp³-hybridized carbons (Fsp3) is 0.500. The van der Waals surface area contributed by atoms with Gasteiger partial charge in [-0.05, 0) is 12.5 Å². The molecule has 4 nitrogen and oxygen atoms in total. The minimum absolute atomic E-state index is 0.0145. The van der Waals surface area contributed by atoms with Gasteiger partial charge < -0.3 is 9.52 Å². The van der Waals surface area contributed by atoms with Crippen LogP contribution in [0.4, 0.5) is 0 Å². The topological polar surface area (TPSA) is 67.5 Å². The lowest BCUT2D eigenvalue weighted by Gasteiger charge is -2.05. The number of hydrogen-bond donors (Lipinski definition) is 1. The van der Waals surface area contributed by atoms with Crippen LogP contribution in [0.25, 0.3) is 0 Å². The molecule has 0 aliphatic carbocycles. The average Bonchev–Trinajstić information content (AvgIpc) is 2.50. The maximum Gasteiger partial charge on any atom is 0.147 e. The maximum absolute atomic E-state index is 10.8. The zero-order chi connectivity index (χ0) is 9.90. The van der Waals surface area contributed by atoms with E-state index in [1.54, 1.807) is 6.07 Å². The van der Waals surface area contributed by atoms with Crippen molar-refractivity contribution in [2.45, 2.75) is 12.5 Å². The molecule has 0 saturated heterocycles. The first kappa shape index (κ1) is 10.3. The molecule has 0 spiro atoms. The molecule has 0 aliphatic rings. The Morgan fingerprint density at radius 2 is 2.31 bits per heavy atom. The van der Waals surface area contributed by atoms with Gasteiger partial charge in [0.25, 0.3) is 0 Å². The molecule has 1 aromatic rings. The lowest BCUT2D eigenvalue weighted by atomic mass is 10.1. The van der Waals surface area contributed by atoms with E-state index in [1.165, 1.54) is 12.5 Å². The van der Waals surface area contributed by atoms with Gasteiger partial charge >= 0.3 is 0 Å². The molecule has 1 heterocycles. The Kier molecular flexibility index (Phi) is 3.11. The number of hydrogen-bond acceptors (Lipinski definition) is 4. The Labute approximate surface area is 77.1 Å². The summed E-state index contributed by atoms with van der Waals surface area (Å²) < 4.78 is 26.3. The van der Waals surface area contributed by atoms with Gasteiger partial charge in [0.2, 0.25) is 0 Å². The smallest absolute Gasteiger partial charge is 0.147 e. The average molecular weight is 204 g/mol. The van der Waals surface area contributed by atoms with Crippen LogP contribution in [0.2, 0.25) is 0 Å². The number of furan rings is 1. The van der Waals surface area contributed by atoms with Gasteiger partial charge in [-0.2, -0.15) is 0 Å². The number of sulfone groups is 1. The zero-order valence-corrected chi connectivity index (χ0v) is 8.12. The Morgan fingerprint density at radius 1 is 1.62 bits per heavy atom. The largest absolute Gasteiger partial charge is 0.472 e. The highest BCUT2D eigenvalue weighted by Crippen LogP contribution is 2.16. The second-order valence-corrected chi connectivity index (χ2v) is 5.25. The Hall–Kier alpha value is -0.810. The van der Waals surface area contributed by atoms with Crippen LogP contribution in [0.1, 0.15) is 18.1 Å². The molecule has 0 fully saturated rings. The van der Waals surface area contributed by atoms with Crippen molar-refractivity contribution < 1.29 is 17.9 Å². The number of rotatable bonds is 4. The monoisotopic (exact) mass is 204 g/mol. The summed E-state index contributed by atoms with van der Waals surface area (Å²) >= 11 is 0. The summed E-state index contributed by atoms with van der Waals surface area (Å²) in [5, 5.41) is 9.45. The number of aliphatic hydroxyl groups excluding tert-OH is 1. The molecule has 0 amide bonds. The highest BCUT2D eigenvalue weighted by Gasteiger charge is 2.11. The quantitative estimate of drug-likeness (QED) is 0.785. The summed E-state index contributed by atoms with van der Waals surface area (Å²) in [4.78, 5) is 0. The van der Waals surface area contributed by atoms with Gasteiger partial charge in [-0.25, -0.2) is 8.42 Å². The first-order valence-corrected chi connectivity index (χ1v) is 5.93. The molecule has 1 aromatic heterocycles. The molecular weight excluding hydrogens is 192 g/mol. The lowest BCUT2D eigenvalue weighted by molar-refractivity contribution is 0.173. The minimum atomic E-state index is -3.00. The van der Waals surface area contributed by atoms with Gasteiger partial charge in [-0.3, -0.25) is 0 Å². The van der Waals surface area contributed by atoms with Crippen molar-refractivity contribution >= 4 is 9.84 Å². The molecule has 1 unspecified atom stereocenters. The molecule has 1 N–H and O–H groups in total. The van der Waals surface area contributed by atoms with Gasteiger partial charge in [-0.1, -0.05) is 0 Å². The first-order chi connectivity index (χ1) is 5.99. The van der Waals surface area contributed by atoms with E-state index in [1.807, 2.05) is 0 Å². The molecule has 0 aliphatic heterocycles. The van der Waals surface area contributed by atoms with E-state index in [0.717, 1.165) is 6.26 Å². The van der Waals surface area contributed by atoms with Crippen molar-refractivity contribution in [2.24, 2.45) is 0 Å². The van der Waals surface area contributed by atoms with Crippen molar-refractivity contribution in [3.05, 3.63) is 24.2 Å². The summed E-state index contributed by atoms with van der Waals surface area (Å²) in [6, 6.07) is 1.62. The van der Waals surface area contributed by atoms with Crippen LogP contribution >= 0.6 is 0 Å². The van der Waals surface area contributed by atoms with E-state index >= 15 is 0 Å². The summed E-state index contributed by atoms with van der Waals surface area (Å²) in [7, 11) is -3.00. The van der Waals surface area contributed by atoms with Crippen LogP contribution in [-0.4, -0.2) is 25.5 Å². The molecule has 1 rings (SSSR count). The van der Waals surface area contributed by atoms with Crippen LogP contribution in [-0.2, 0) is 9.84 Å². The molecular formula is C8H12O4S. The third kappa shape index (κ3) is 3.61. The molecule has 0 radical (unpaired) electrons. The maximum atomic E-state index is 10.8. The summed E-state index contributed by atoms with van der Waals surface area (Å²) in [5.41, 5.74) is 0.614. The fourth-order valence-corrected chi connectivity index (χ4v) is 1.61. The van der Waals surface area contributed by atoms with E-state index in [4.69, 9.17) is 4.42 Å². The third-order valence-electron chi connectivity index (χ3n) is 1.69. The van der Waals surface area contributed by atoms with Gasteiger partial charge in [0.1, 0.15) is 9.84 Å². The van der Waals surface area contributed by atoms with E-state index in [2.05, 4.69) is 0 Å². The van der Waals surface area contributed by atoms with Crippen molar-refractivity contribution in [3.63, 3.8) is 0 Å². The summed E-state index contributed by atoms with van der Waals surface area (Å²) in [6.45, 7) is 0. The van der Waals surface area contributed by atoms with Crippen molar-refractivity contribution in [3.8, 4) is 0 Å². The Bertz CT molecular complexity index is 338. The SMILES string of the molecule is CS(=O)(=O)CCC(O)c1ccoc1. The standard InChI is InChI=1S/C8H12O4S/c1-13(10,11)5-3-8(9)7-2-4-12-6-7/h2,4,6,8-9H,3,5H2,1H3. The van der Waals surface area contributed by atoms with Crippen LogP contribution in [0.15, 0.2) is 23.0 Å². The van der Waals surface area contributed by atoms with E-state index < -0.39 is 15.9 Å². The van der Waals surface area contributed by atoms with Crippen LogP contribution in [0.3, 0.4) is 0 Å². The summed E-state index contributed by atoms with van der Waals surface area (Å²) in [5.74, 6) is -0.0145. The summed E-state index contributed by atoms with van der Waals surface area (Å²) in [6.07, 6.45) is 3.45. The highest BCUT2D eigenvalue weighted by atomic mass is 32.2. The minimum Gasteiger partial charge on any atom is -0.472 e. The zero-order valence-electron chi connectivity index (χ0n) is 7.30. The van der Waals surface area contributed by atoms with Crippen LogP contribution in [0.5, 0.6) is 0 Å².